The van der Waals surface area contributed by atoms with Crippen LogP contribution in [0, 0.1) is 0 Å². The van der Waals surface area contributed by atoms with Crippen LogP contribution >= 0.6 is 0 Å². The largest absolute Gasteiger partial charge is 0.486 e. The van der Waals surface area contributed by atoms with Gasteiger partial charge in [0.15, 0.2) is 18.1 Å². The summed E-state index contributed by atoms with van der Waals surface area (Å²) >= 11 is 0. The van der Waals surface area contributed by atoms with Gasteiger partial charge in [0, 0.05) is 6.54 Å². The summed E-state index contributed by atoms with van der Waals surface area (Å²) < 4.78 is 18.0. The van der Waals surface area contributed by atoms with Gasteiger partial charge in [-0.05, 0) is 49.7 Å². The minimum Gasteiger partial charge on any atom is -0.486 e. The van der Waals surface area contributed by atoms with Gasteiger partial charge in [0.1, 0.15) is 18.7 Å². The lowest BCUT2D eigenvalue weighted by atomic mass is 10.1. The number of nitrogens with one attached hydrogen (secondary N) is 1. The highest BCUT2D eigenvalue weighted by Crippen LogP contribution is 2.32. The smallest absolute Gasteiger partial charge is 0.338 e. The number of hydrogen-bond donors (Lipinski definition) is 1. The number of rotatable bonds is 6. The van der Waals surface area contributed by atoms with Gasteiger partial charge in [0.2, 0.25) is 0 Å². The van der Waals surface area contributed by atoms with Gasteiger partial charge in [0.25, 0.3) is 5.91 Å². The van der Waals surface area contributed by atoms with Crippen molar-refractivity contribution in [3.63, 3.8) is 0 Å². The highest BCUT2D eigenvalue weighted by atomic mass is 16.6. The maximum absolute atomic E-state index is 12.3. The summed E-state index contributed by atoms with van der Waals surface area (Å²) in [6.07, 6.45) is 0. The minimum absolute atomic E-state index is 0.285. The SMILES string of the molecule is CCn1nnc2cc(C(=O)OCC(=O)N[C@H](C)c3ccc4c(c3)OCCO4)ccc21. The highest BCUT2D eigenvalue weighted by Gasteiger charge is 2.17. The van der Waals surface area contributed by atoms with Crippen molar-refractivity contribution in [1.29, 1.82) is 0 Å². The zero-order valence-electron chi connectivity index (χ0n) is 16.8. The summed E-state index contributed by atoms with van der Waals surface area (Å²) in [5.74, 6) is 0.351. The molecule has 156 valence electrons. The molecule has 0 radical (unpaired) electrons. The third-order valence-electron chi connectivity index (χ3n) is 4.83. The van der Waals surface area contributed by atoms with E-state index in [0.29, 0.717) is 42.3 Å². The molecule has 0 fully saturated rings. The van der Waals surface area contributed by atoms with Crippen molar-refractivity contribution in [3.05, 3.63) is 47.5 Å². The standard InChI is InChI=1S/C21H22N4O5/c1-3-25-17-6-4-15(10-16(17)23-24-25)21(27)30-12-20(26)22-13(2)14-5-7-18-19(11-14)29-9-8-28-18/h4-7,10-11,13H,3,8-9,12H2,1-2H3,(H,22,26)/t13-/m1/s1. The average Bonchev–Trinajstić information content (AvgIpc) is 3.19. The van der Waals surface area contributed by atoms with Gasteiger partial charge in [-0.15, -0.1) is 5.10 Å². The zero-order valence-corrected chi connectivity index (χ0v) is 16.8. The normalized spacial score (nSPS) is 13.7. The third-order valence-corrected chi connectivity index (χ3v) is 4.83. The molecule has 0 unspecified atom stereocenters. The molecule has 0 spiro atoms. The van der Waals surface area contributed by atoms with Crippen molar-refractivity contribution in [2.45, 2.75) is 26.4 Å². The van der Waals surface area contributed by atoms with E-state index in [-0.39, 0.29) is 12.6 Å². The van der Waals surface area contributed by atoms with Crippen LogP contribution in [0.3, 0.4) is 0 Å². The molecule has 4 rings (SSSR count). The van der Waals surface area contributed by atoms with Crippen LogP contribution in [0.15, 0.2) is 36.4 Å². The Morgan fingerprint density at radius 1 is 1.17 bits per heavy atom. The van der Waals surface area contributed by atoms with Gasteiger partial charge in [-0.1, -0.05) is 11.3 Å². The van der Waals surface area contributed by atoms with Crippen LogP contribution in [0.25, 0.3) is 11.0 Å². The molecule has 0 aliphatic carbocycles. The van der Waals surface area contributed by atoms with Gasteiger partial charge >= 0.3 is 5.97 Å². The summed E-state index contributed by atoms with van der Waals surface area (Å²) in [5.41, 5.74) is 2.62. The van der Waals surface area contributed by atoms with Crippen molar-refractivity contribution >= 4 is 22.9 Å². The van der Waals surface area contributed by atoms with Crippen LogP contribution in [0.5, 0.6) is 11.5 Å². The maximum atomic E-state index is 12.3. The molecule has 3 aromatic rings. The Bertz CT molecular complexity index is 1090. The highest BCUT2D eigenvalue weighted by molar-refractivity contribution is 5.94. The fraction of sp³-hybridized carbons (Fsp3) is 0.333. The molecule has 2 aromatic carbocycles. The van der Waals surface area contributed by atoms with Crippen LogP contribution in [0.4, 0.5) is 0 Å². The van der Waals surface area contributed by atoms with E-state index in [4.69, 9.17) is 14.2 Å². The van der Waals surface area contributed by atoms with Crippen molar-refractivity contribution in [1.82, 2.24) is 20.3 Å². The lowest BCUT2D eigenvalue weighted by Crippen LogP contribution is -2.31. The predicted molar refractivity (Wildman–Crippen MR) is 107 cm³/mol. The van der Waals surface area contributed by atoms with Gasteiger partial charge in [-0.25, -0.2) is 9.48 Å². The topological polar surface area (TPSA) is 105 Å². The molecule has 0 saturated heterocycles. The van der Waals surface area contributed by atoms with Crippen molar-refractivity contribution < 1.29 is 23.8 Å². The monoisotopic (exact) mass is 410 g/mol. The maximum Gasteiger partial charge on any atom is 0.338 e. The number of hydrogen-bond acceptors (Lipinski definition) is 7. The van der Waals surface area contributed by atoms with Crippen molar-refractivity contribution in [2.75, 3.05) is 19.8 Å². The van der Waals surface area contributed by atoms with Gasteiger partial charge in [-0.3, -0.25) is 4.79 Å². The second-order valence-corrected chi connectivity index (χ2v) is 6.88. The quantitative estimate of drug-likeness (QED) is 0.622. The van der Waals surface area contributed by atoms with E-state index in [1.807, 2.05) is 32.0 Å². The second-order valence-electron chi connectivity index (χ2n) is 6.88. The van der Waals surface area contributed by atoms with Gasteiger partial charge < -0.3 is 19.5 Å². The molecular weight excluding hydrogens is 388 g/mol. The number of fused-ring (bicyclic) bond motifs is 2. The molecular formula is C21H22N4O5. The Balaban J connectivity index is 1.33. The number of amides is 1. The predicted octanol–water partition coefficient (Wildman–Crippen LogP) is 2.26. The Morgan fingerprint density at radius 2 is 1.97 bits per heavy atom. The summed E-state index contributed by atoms with van der Waals surface area (Å²) in [4.78, 5) is 24.5. The second kappa shape index (κ2) is 8.40. The minimum atomic E-state index is -0.593. The lowest BCUT2D eigenvalue weighted by Gasteiger charge is -2.21. The first-order valence-electron chi connectivity index (χ1n) is 9.74. The molecule has 0 bridgehead atoms. The van der Waals surface area contributed by atoms with Crippen molar-refractivity contribution in [2.24, 2.45) is 0 Å². The Kier molecular flexibility index (Phi) is 5.51. The summed E-state index contributed by atoms with van der Waals surface area (Å²) in [7, 11) is 0. The summed E-state index contributed by atoms with van der Waals surface area (Å²) in [6.45, 7) is 5.12. The third kappa shape index (κ3) is 4.05. The van der Waals surface area contributed by atoms with E-state index in [1.165, 1.54) is 0 Å². The first-order chi connectivity index (χ1) is 14.5. The molecule has 1 N–H and O–H groups in total. The first-order valence-corrected chi connectivity index (χ1v) is 9.74. The molecule has 1 aromatic heterocycles. The number of aryl methyl sites for hydroxylation is 1. The number of nitrogens with zero attached hydrogens (tertiary/aromatic N) is 3. The molecule has 9 nitrogen and oxygen atoms in total. The van der Waals surface area contributed by atoms with Gasteiger partial charge in [0.05, 0.1) is 17.1 Å². The van der Waals surface area contributed by atoms with Crippen LogP contribution in [-0.2, 0) is 16.1 Å². The molecule has 9 heteroatoms. The van der Waals surface area contributed by atoms with Crippen LogP contribution in [-0.4, -0.2) is 46.7 Å². The average molecular weight is 410 g/mol. The molecule has 0 saturated carbocycles. The molecule has 1 amide bonds. The van der Waals surface area contributed by atoms with E-state index in [1.54, 1.807) is 22.9 Å². The van der Waals surface area contributed by atoms with Crippen LogP contribution in [0.1, 0.15) is 35.8 Å². The van der Waals surface area contributed by atoms with Crippen LogP contribution in [0.2, 0.25) is 0 Å². The number of ether oxygens (including phenoxy) is 3. The van der Waals surface area contributed by atoms with E-state index in [0.717, 1.165) is 11.1 Å². The Hall–Kier alpha value is -3.62. The number of aromatic nitrogens is 3. The number of carbonyl (C=O) groups is 2. The van der Waals surface area contributed by atoms with E-state index < -0.39 is 11.9 Å². The fourth-order valence-electron chi connectivity index (χ4n) is 3.24. The van der Waals surface area contributed by atoms with E-state index in [9.17, 15) is 9.59 Å². The lowest BCUT2D eigenvalue weighted by molar-refractivity contribution is -0.124. The number of carbonyl (C=O) groups excluding carboxylic acids is 2. The van der Waals surface area contributed by atoms with Crippen molar-refractivity contribution in [3.8, 4) is 11.5 Å². The Labute approximate surface area is 172 Å². The van der Waals surface area contributed by atoms with Gasteiger partial charge in [-0.2, -0.15) is 0 Å². The van der Waals surface area contributed by atoms with Crippen LogP contribution < -0.4 is 14.8 Å². The summed E-state index contributed by atoms with van der Waals surface area (Å²) in [6, 6.07) is 10.2. The number of esters is 1. The molecule has 1 aliphatic rings. The summed E-state index contributed by atoms with van der Waals surface area (Å²) in [5, 5.41) is 10.9. The molecule has 2 heterocycles. The molecule has 1 aliphatic heterocycles. The molecule has 1 atom stereocenters. The van der Waals surface area contributed by atoms with E-state index >= 15 is 0 Å². The molecule has 30 heavy (non-hydrogen) atoms. The number of benzene rings is 2. The first kappa shape index (κ1) is 19.7. The van der Waals surface area contributed by atoms with E-state index in [2.05, 4.69) is 15.6 Å². The zero-order chi connectivity index (χ0) is 21.1. The fourth-order valence-corrected chi connectivity index (χ4v) is 3.24. The Morgan fingerprint density at radius 3 is 2.77 bits per heavy atom.